The van der Waals surface area contributed by atoms with Crippen LogP contribution in [-0.4, -0.2) is 32.9 Å². The minimum Gasteiger partial charge on any atom is -0.495 e. The molecule has 0 aromatic heterocycles. The van der Waals surface area contributed by atoms with E-state index in [1.54, 1.807) is 22.5 Å². The molecule has 0 atom stereocenters. The minimum atomic E-state index is -3.52. The van der Waals surface area contributed by atoms with Crippen molar-refractivity contribution in [3.8, 4) is 5.75 Å². The molecule has 1 heterocycles. The van der Waals surface area contributed by atoms with Crippen LogP contribution in [0.25, 0.3) is 0 Å². The van der Waals surface area contributed by atoms with Crippen LogP contribution >= 0.6 is 0 Å². The summed E-state index contributed by atoms with van der Waals surface area (Å²) in [6.07, 6.45) is 2.96. The Morgan fingerprint density at radius 3 is 2.52 bits per heavy atom. The van der Waals surface area contributed by atoms with Crippen LogP contribution < -0.4 is 10.5 Å². The van der Waals surface area contributed by atoms with Crippen LogP contribution in [-0.2, 0) is 16.6 Å². The molecule has 6 heteroatoms. The normalized spacial score (nSPS) is 17.9. The number of methoxy groups -OCH3 is 1. The van der Waals surface area contributed by atoms with Crippen molar-refractivity contribution in [2.24, 2.45) is 11.7 Å². The van der Waals surface area contributed by atoms with E-state index in [9.17, 15) is 8.42 Å². The van der Waals surface area contributed by atoms with Crippen molar-refractivity contribution in [2.75, 3.05) is 20.2 Å². The Hall–Kier alpha value is -1.11. The zero-order chi connectivity index (χ0) is 15.5. The van der Waals surface area contributed by atoms with Gasteiger partial charge >= 0.3 is 0 Å². The van der Waals surface area contributed by atoms with Crippen molar-refractivity contribution in [2.45, 2.75) is 37.6 Å². The Morgan fingerprint density at radius 2 is 2.00 bits per heavy atom. The molecule has 1 aliphatic rings. The predicted molar refractivity (Wildman–Crippen MR) is 82.7 cm³/mol. The van der Waals surface area contributed by atoms with Crippen LogP contribution in [0, 0.1) is 5.92 Å². The summed E-state index contributed by atoms with van der Waals surface area (Å²) < 4.78 is 32.5. The molecular weight excluding hydrogens is 288 g/mol. The molecule has 5 nitrogen and oxygen atoms in total. The first-order chi connectivity index (χ1) is 10.0. The van der Waals surface area contributed by atoms with Crippen molar-refractivity contribution in [3.63, 3.8) is 0 Å². The maximum atomic E-state index is 12.8. The summed E-state index contributed by atoms with van der Waals surface area (Å²) in [6, 6.07) is 5.09. The van der Waals surface area contributed by atoms with E-state index in [1.807, 2.05) is 0 Å². The van der Waals surface area contributed by atoms with Gasteiger partial charge in [0.2, 0.25) is 10.0 Å². The highest BCUT2D eigenvalue weighted by Gasteiger charge is 2.31. The second-order valence-electron chi connectivity index (χ2n) is 5.45. The third kappa shape index (κ3) is 3.39. The molecule has 1 fully saturated rings. The highest BCUT2D eigenvalue weighted by Crippen LogP contribution is 2.31. The Morgan fingerprint density at radius 1 is 1.33 bits per heavy atom. The summed E-state index contributed by atoms with van der Waals surface area (Å²) in [7, 11) is -2.03. The molecule has 0 bridgehead atoms. The second-order valence-corrected chi connectivity index (χ2v) is 7.35. The SMILES string of the molecule is CCC1CCN(S(=O)(=O)c2cc(CN)ccc2OC)CC1. The van der Waals surface area contributed by atoms with Gasteiger partial charge in [0, 0.05) is 19.6 Å². The Bertz CT molecular complexity index is 579. The number of piperidine rings is 1. The second kappa shape index (κ2) is 6.77. The van der Waals surface area contributed by atoms with E-state index in [0.29, 0.717) is 31.3 Å². The number of nitrogens with two attached hydrogens (primary N) is 1. The number of rotatable bonds is 5. The van der Waals surface area contributed by atoms with Crippen LogP contribution in [0.5, 0.6) is 5.75 Å². The van der Waals surface area contributed by atoms with Gasteiger partial charge in [0.25, 0.3) is 0 Å². The van der Waals surface area contributed by atoms with Crippen LogP contribution in [0.4, 0.5) is 0 Å². The fraction of sp³-hybridized carbons (Fsp3) is 0.600. The minimum absolute atomic E-state index is 0.225. The maximum absolute atomic E-state index is 12.8. The molecular formula is C15H24N2O3S. The summed E-state index contributed by atoms with van der Waals surface area (Å²) in [5.41, 5.74) is 6.41. The van der Waals surface area contributed by atoms with Crippen molar-refractivity contribution >= 4 is 10.0 Å². The molecule has 1 aliphatic heterocycles. The number of sulfonamides is 1. The van der Waals surface area contributed by atoms with Gasteiger partial charge in [0.15, 0.2) is 0 Å². The molecule has 118 valence electrons. The number of benzene rings is 1. The molecule has 1 saturated heterocycles. The van der Waals surface area contributed by atoms with E-state index in [1.165, 1.54) is 7.11 Å². The van der Waals surface area contributed by atoms with Gasteiger partial charge in [-0.15, -0.1) is 0 Å². The lowest BCUT2D eigenvalue weighted by atomic mass is 9.96. The highest BCUT2D eigenvalue weighted by atomic mass is 32.2. The first-order valence-corrected chi connectivity index (χ1v) is 8.84. The largest absolute Gasteiger partial charge is 0.495 e. The Kier molecular flexibility index (Phi) is 5.24. The number of hydrogen-bond acceptors (Lipinski definition) is 4. The molecule has 0 amide bonds. The average Bonchev–Trinajstić information content (AvgIpc) is 2.54. The predicted octanol–water partition coefficient (Wildman–Crippen LogP) is 1.96. The molecule has 2 rings (SSSR count). The van der Waals surface area contributed by atoms with Gasteiger partial charge in [-0.1, -0.05) is 19.4 Å². The number of ether oxygens (including phenoxy) is 1. The highest BCUT2D eigenvalue weighted by molar-refractivity contribution is 7.89. The van der Waals surface area contributed by atoms with E-state index in [4.69, 9.17) is 10.5 Å². The van der Waals surface area contributed by atoms with E-state index in [2.05, 4.69) is 6.92 Å². The topological polar surface area (TPSA) is 72.6 Å². The molecule has 2 N–H and O–H groups in total. The summed E-state index contributed by atoms with van der Waals surface area (Å²) >= 11 is 0. The standard InChI is InChI=1S/C15H24N2O3S/c1-3-12-6-8-17(9-7-12)21(18,19)15-10-13(11-16)4-5-14(15)20-2/h4-5,10,12H,3,6-9,11,16H2,1-2H3. The molecule has 0 unspecified atom stereocenters. The van der Waals surface area contributed by atoms with E-state index in [0.717, 1.165) is 24.8 Å². The smallest absolute Gasteiger partial charge is 0.246 e. The van der Waals surface area contributed by atoms with Gasteiger partial charge in [-0.3, -0.25) is 0 Å². The van der Waals surface area contributed by atoms with Crippen molar-refractivity contribution in [3.05, 3.63) is 23.8 Å². The summed E-state index contributed by atoms with van der Waals surface area (Å²) in [5, 5.41) is 0. The van der Waals surface area contributed by atoms with Gasteiger partial charge in [-0.25, -0.2) is 8.42 Å². The molecule has 0 saturated carbocycles. The summed E-state index contributed by atoms with van der Waals surface area (Å²) in [6.45, 7) is 3.63. The van der Waals surface area contributed by atoms with Crippen LogP contribution in [0.1, 0.15) is 31.7 Å². The van der Waals surface area contributed by atoms with Crippen molar-refractivity contribution < 1.29 is 13.2 Å². The number of hydrogen-bond donors (Lipinski definition) is 1. The van der Waals surface area contributed by atoms with Gasteiger partial charge in [-0.05, 0) is 36.5 Å². The monoisotopic (exact) mass is 312 g/mol. The molecule has 0 radical (unpaired) electrons. The molecule has 0 spiro atoms. The van der Waals surface area contributed by atoms with E-state index >= 15 is 0 Å². The summed E-state index contributed by atoms with van der Waals surface area (Å²) in [5.74, 6) is 1.01. The van der Waals surface area contributed by atoms with Crippen molar-refractivity contribution in [1.82, 2.24) is 4.31 Å². The zero-order valence-electron chi connectivity index (χ0n) is 12.7. The number of nitrogens with zero attached hydrogens (tertiary/aromatic N) is 1. The van der Waals surface area contributed by atoms with Gasteiger partial charge in [-0.2, -0.15) is 4.31 Å². The van der Waals surface area contributed by atoms with Gasteiger partial charge in [0.1, 0.15) is 10.6 Å². The van der Waals surface area contributed by atoms with Crippen LogP contribution in [0.3, 0.4) is 0 Å². The lowest BCUT2D eigenvalue weighted by Crippen LogP contribution is -2.38. The van der Waals surface area contributed by atoms with E-state index < -0.39 is 10.0 Å². The quantitative estimate of drug-likeness (QED) is 0.902. The third-order valence-corrected chi connectivity index (χ3v) is 6.15. The molecule has 1 aromatic carbocycles. The Balaban J connectivity index is 2.31. The van der Waals surface area contributed by atoms with Crippen LogP contribution in [0.15, 0.2) is 23.1 Å². The molecule has 21 heavy (non-hydrogen) atoms. The Labute approximate surface area is 127 Å². The first kappa shape index (κ1) is 16.3. The zero-order valence-corrected chi connectivity index (χ0v) is 13.5. The fourth-order valence-corrected chi connectivity index (χ4v) is 4.42. The molecule has 1 aromatic rings. The van der Waals surface area contributed by atoms with Gasteiger partial charge < -0.3 is 10.5 Å². The third-order valence-electron chi connectivity index (χ3n) is 4.23. The molecule has 0 aliphatic carbocycles. The van der Waals surface area contributed by atoms with Crippen molar-refractivity contribution in [1.29, 1.82) is 0 Å². The first-order valence-electron chi connectivity index (χ1n) is 7.40. The lowest BCUT2D eigenvalue weighted by molar-refractivity contribution is 0.268. The lowest BCUT2D eigenvalue weighted by Gasteiger charge is -2.31. The van der Waals surface area contributed by atoms with E-state index in [-0.39, 0.29) is 4.90 Å². The summed E-state index contributed by atoms with van der Waals surface area (Å²) in [4.78, 5) is 0.225. The maximum Gasteiger partial charge on any atom is 0.246 e. The average molecular weight is 312 g/mol. The fourth-order valence-electron chi connectivity index (χ4n) is 2.75. The van der Waals surface area contributed by atoms with Crippen LogP contribution in [0.2, 0.25) is 0 Å². The van der Waals surface area contributed by atoms with Gasteiger partial charge in [0.05, 0.1) is 7.11 Å².